The van der Waals surface area contributed by atoms with Crippen LogP contribution in [0.4, 0.5) is 8.78 Å². The van der Waals surface area contributed by atoms with Crippen molar-refractivity contribution in [3.05, 3.63) is 35.7 Å². The highest BCUT2D eigenvalue weighted by Gasteiger charge is 2.23. The fraction of sp³-hybridized carbons (Fsp3) is 0.429. The van der Waals surface area contributed by atoms with Gasteiger partial charge >= 0.3 is 0 Å². The maximum atomic E-state index is 13.7. The van der Waals surface area contributed by atoms with Crippen molar-refractivity contribution in [3.63, 3.8) is 0 Å². The van der Waals surface area contributed by atoms with E-state index in [4.69, 9.17) is 4.52 Å². The molecule has 1 aromatic carbocycles. The molecule has 0 amide bonds. The standard InChI is InChI=1S/C14H16F2N4O/c1-9(20-6-4-17-5-7-20)13-18-14(21-19-13)11-3-2-10(15)8-12(11)16/h2-3,8-9,17H,4-7H2,1H3. The second-order valence-electron chi connectivity index (χ2n) is 5.04. The van der Waals surface area contributed by atoms with Gasteiger partial charge in [-0.15, -0.1) is 0 Å². The molecular formula is C14H16F2N4O. The van der Waals surface area contributed by atoms with Gasteiger partial charge in [0, 0.05) is 32.2 Å². The molecule has 2 aromatic rings. The number of rotatable bonds is 3. The first-order valence-corrected chi connectivity index (χ1v) is 6.89. The van der Waals surface area contributed by atoms with E-state index in [-0.39, 0.29) is 17.5 Å². The minimum Gasteiger partial charge on any atom is -0.334 e. The Labute approximate surface area is 120 Å². The largest absolute Gasteiger partial charge is 0.334 e. The van der Waals surface area contributed by atoms with Gasteiger partial charge < -0.3 is 9.84 Å². The van der Waals surface area contributed by atoms with Crippen LogP contribution >= 0.6 is 0 Å². The Bertz CT molecular complexity index is 625. The molecule has 0 radical (unpaired) electrons. The summed E-state index contributed by atoms with van der Waals surface area (Å²) in [5.74, 6) is -0.759. The van der Waals surface area contributed by atoms with Gasteiger partial charge in [0.25, 0.3) is 5.89 Å². The van der Waals surface area contributed by atoms with Crippen LogP contribution in [0.2, 0.25) is 0 Å². The quantitative estimate of drug-likeness (QED) is 0.938. The molecule has 21 heavy (non-hydrogen) atoms. The molecule has 1 aromatic heterocycles. The summed E-state index contributed by atoms with van der Waals surface area (Å²) in [6, 6.07) is 3.27. The molecule has 1 saturated heterocycles. The third-order valence-corrected chi connectivity index (χ3v) is 3.68. The van der Waals surface area contributed by atoms with Crippen LogP contribution in [0.5, 0.6) is 0 Å². The number of nitrogens with one attached hydrogen (secondary N) is 1. The molecule has 112 valence electrons. The average Bonchev–Trinajstić information content (AvgIpc) is 2.97. The summed E-state index contributed by atoms with van der Waals surface area (Å²) < 4.78 is 31.8. The molecule has 5 nitrogen and oxygen atoms in total. The summed E-state index contributed by atoms with van der Waals surface area (Å²) in [4.78, 5) is 6.47. The van der Waals surface area contributed by atoms with E-state index < -0.39 is 11.6 Å². The molecule has 1 aliphatic rings. The fourth-order valence-electron chi connectivity index (χ4n) is 2.41. The molecule has 0 bridgehead atoms. The fourth-order valence-corrected chi connectivity index (χ4v) is 2.41. The first-order valence-electron chi connectivity index (χ1n) is 6.89. The predicted molar refractivity (Wildman–Crippen MR) is 72.5 cm³/mol. The highest BCUT2D eigenvalue weighted by Crippen LogP contribution is 2.25. The number of aromatic nitrogens is 2. The van der Waals surface area contributed by atoms with Gasteiger partial charge in [0.1, 0.15) is 11.6 Å². The molecule has 0 spiro atoms. The van der Waals surface area contributed by atoms with Gasteiger partial charge in [-0.3, -0.25) is 4.90 Å². The molecule has 2 heterocycles. The van der Waals surface area contributed by atoms with Crippen molar-refractivity contribution in [2.75, 3.05) is 26.2 Å². The number of hydrogen-bond acceptors (Lipinski definition) is 5. The molecule has 1 N–H and O–H groups in total. The van der Waals surface area contributed by atoms with Gasteiger partial charge in [-0.2, -0.15) is 4.98 Å². The van der Waals surface area contributed by atoms with Gasteiger partial charge in [0.05, 0.1) is 11.6 Å². The van der Waals surface area contributed by atoms with Crippen molar-refractivity contribution < 1.29 is 13.3 Å². The molecule has 0 aliphatic carbocycles. The number of halogens is 2. The SMILES string of the molecule is CC(c1noc(-c2ccc(F)cc2F)n1)N1CCNCC1. The Balaban J connectivity index is 1.82. The molecule has 1 atom stereocenters. The number of hydrogen-bond donors (Lipinski definition) is 1. The zero-order valence-electron chi connectivity index (χ0n) is 11.6. The predicted octanol–water partition coefficient (Wildman–Crippen LogP) is 1.98. The summed E-state index contributed by atoms with van der Waals surface area (Å²) in [6.45, 7) is 5.62. The normalized spacial score (nSPS) is 17.9. The molecule has 0 saturated carbocycles. The van der Waals surface area contributed by atoms with Gasteiger partial charge in [0.2, 0.25) is 0 Å². The Morgan fingerprint density at radius 2 is 2.05 bits per heavy atom. The first-order chi connectivity index (χ1) is 10.1. The molecule has 1 unspecified atom stereocenters. The number of benzene rings is 1. The van der Waals surface area contributed by atoms with Crippen molar-refractivity contribution in [1.82, 2.24) is 20.4 Å². The van der Waals surface area contributed by atoms with Crippen LogP contribution < -0.4 is 5.32 Å². The van der Waals surface area contributed by atoms with Crippen molar-refractivity contribution in [2.45, 2.75) is 13.0 Å². The lowest BCUT2D eigenvalue weighted by Crippen LogP contribution is -2.44. The topological polar surface area (TPSA) is 54.2 Å². The Hall–Kier alpha value is -1.86. The lowest BCUT2D eigenvalue weighted by Gasteiger charge is -2.30. The summed E-state index contributed by atoms with van der Waals surface area (Å²) in [5, 5.41) is 7.20. The van der Waals surface area contributed by atoms with Crippen LogP contribution in [0.15, 0.2) is 22.7 Å². The van der Waals surface area contributed by atoms with E-state index in [2.05, 4.69) is 20.4 Å². The third-order valence-electron chi connectivity index (χ3n) is 3.68. The Morgan fingerprint density at radius 1 is 1.29 bits per heavy atom. The minimum atomic E-state index is -0.708. The zero-order valence-corrected chi connectivity index (χ0v) is 11.6. The monoisotopic (exact) mass is 294 g/mol. The zero-order chi connectivity index (χ0) is 14.8. The molecule has 1 fully saturated rings. The summed E-state index contributed by atoms with van der Waals surface area (Å²) >= 11 is 0. The van der Waals surface area contributed by atoms with E-state index in [0.717, 1.165) is 32.2 Å². The van der Waals surface area contributed by atoms with E-state index in [9.17, 15) is 8.78 Å². The highest BCUT2D eigenvalue weighted by atomic mass is 19.1. The average molecular weight is 294 g/mol. The molecule has 3 rings (SSSR count). The van der Waals surface area contributed by atoms with Crippen molar-refractivity contribution in [1.29, 1.82) is 0 Å². The molecule has 7 heteroatoms. The maximum absolute atomic E-state index is 13.7. The summed E-state index contributed by atoms with van der Waals surface area (Å²) in [7, 11) is 0. The van der Waals surface area contributed by atoms with Crippen LogP contribution in [-0.4, -0.2) is 41.2 Å². The van der Waals surface area contributed by atoms with E-state index in [1.807, 2.05) is 6.92 Å². The van der Waals surface area contributed by atoms with Crippen molar-refractivity contribution in [3.8, 4) is 11.5 Å². The van der Waals surface area contributed by atoms with Crippen molar-refractivity contribution in [2.24, 2.45) is 0 Å². The van der Waals surface area contributed by atoms with Gasteiger partial charge in [0.15, 0.2) is 5.82 Å². The van der Waals surface area contributed by atoms with Crippen LogP contribution in [0.25, 0.3) is 11.5 Å². The third kappa shape index (κ3) is 2.93. The number of piperazine rings is 1. The lowest BCUT2D eigenvalue weighted by atomic mass is 10.2. The van der Waals surface area contributed by atoms with Crippen LogP contribution in [-0.2, 0) is 0 Å². The molecule has 1 aliphatic heterocycles. The van der Waals surface area contributed by atoms with E-state index in [0.29, 0.717) is 5.82 Å². The maximum Gasteiger partial charge on any atom is 0.260 e. The lowest BCUT2D eigenvalue weighted by molar-refractivity contribution is 0.176. The van der Waals surface area contributed by atoms with Crippen LogP contribution in [0, 0.1) is 11.6 Å². The van der Waals surface area contributed by atoms with Crippen molar-refractivity contribution >= 4 is 0 Å². The van der Waals surface area contributed by atoms with Crippen LogP contribution in [0.3, 0.4) is 0 Å². The summed E-state index contributed by atoms with van der Waals surface area (Å²) in [6.07, 6.45) is 0. The summed E-state index contributed by atoms with van der Waals surface area (Å²) in [5.41, 5.74) is 0.114. The highest BCUT2D eigenvalue weighted by molar-refractivity contribution is 5.53. The Kier molecular flexibility index (Phi) is 3.94. The second-order valence-corrected chi connectivity index (χ2v) is 5.04. The Morgan fingerprint density at radius 3 is 2.76 bits per heavy atom. The van der Waals surface area contributed by atoms with Gasteiger partial charge in [-0.25, -0.2) is 8.78 Å². The number of nitrogens with zero attached hydrogens (tertiary/aromatic N) is 3. The van der Waals surface area contributed by atoms with Gasteiger partial charge in [-0.05, 0) is 19.1 Å². The van der Waals surface area contributed by atoms with Crippen LogP contribution in [0.1, 0.15) is 18.8 Å². The second kappa shape index (κ2) is 5.87. The van der Waals surface area contributed by atoms with Gasteiger partial charge in [-0.1, -0.05) is 5.16 Å². The first kappa shape index (κ1) is 14.1. The van der Waals surface area contributed by atoms with E-state index >= 15 is 0 Å². The van der Waals surface area contributed by atoms with E-state index in [1.54, 1.807) is 0 Å². The minimum absolute atomic E-state index is 0.00638. The van der Waals surface area contributed by atoms with E-state index in [1.165, 1.54) is 12.1 Å². The smallest absolute Gasteiger partial charge is 0.260 e. The molecular weight excluding hydrogens is 278 g/mol.